The molecular formula is C15H30N2O2. The topological polar surface area (TPSA) is 52.6 Å². The van der Waals surface area contributed by atoms with Crippen LogP contribution in [0.1, 0.15) is 52.9 Å². The Bertz CT molecular complexity index is 279. The van der Waals surface area contributed by atoms with Crippen molar-refractivity contribution in [2.75, 3.05) is 26.2 Å². The van der Waals surface area contributed by atoms with Gasteiger partial charge >= 0.3 is 5.97 Å². The van der Waals surface area contributed by atoms with Crippen molar-refractivity contribution in [1.82, 2.24) is 10.2 Å². The fourth-order valence-corrected chi connectivity index (χ4v) is 2.37. The Hall–Kier alpha value is -0.610. The molecule has 0 heterocycles. The van der Waals surface area contributed by atoms with E-state index >= 15 is 0 Å². The third-order valence-corrected chi connectivity index (χ3v) is 4.05. The molecule has 1 aliphatic rings. The van der Waals surface area contributed by atoms with Crippen molar-refractivity contribution in [3.63, 3.8) is 0 Å². The molecule has 0 aliphatic heterocycles. The van der Waals surface area contributed by atoms with E-state index in [0.717, 1.165) is 38.4 Å². The van der Waals surface area contributed by atoms with Crippen molar-refractivity contribution in [2.24, 2.45) is 5.92 Å². The van der Waals surface area contributed by atoms with Crippen LogP contribution in [0.4, 0.5) is 0 Å². The summed E-state index contributed by atoms with van der Waals surface area (Å²) in [5, 5.41) is 12.5. The smallest absolute Gasteiger partial charge is 0.323 e. The number of hydrogen-bond donors (Lipinski definition) is 2. The third kappa shape index (κ3) is 5.91. The van der Waals surface area contributed by atoms with Gasteiger partial charge in [0.15, 0.2) is 0 Å². The van der Waals surface area contributed by atoms with Gasteiger partial charge in [-0.2, -0.15) is 0 Å². The number of carboxylic acids is 1. The summed E-state index contributed by atoms with van der Waals surface area (Å²) >= 11 is 0. The molecule has 0 radical (unpaired) electrons. The number of carboxylic acid groups (broad SMARTS) is 1. The van der Waals surface area contributed by atoms with Gasteiger partial charge in [0.25, 0.3) is 0 Å². The highest BCUT2D eigenvalue weighted by atomic mass is 16.4. The van der Waals surface area contributed by atoms with Gasteiger partial charge in [0, 0.05) is 6.54 Å². The van der Waals surface area contributed by atoms with E-state index in [1.54, 1.807) is 0 Å². The first-order chi connectivity index (χ1) is 9.01. The number of aliphatic carboxylic acids is 1. The van der Waals surface area contributed by atoms with Gasteiger partial charge in [-0.1, -0.05) is 13.8 Å². The molecular weight excluding hydrogens is 240 g/mol. The van der Waals surface area contributed by atoms with Gasteiger partial charge < -0.3 is 15.3 Å². The molecule has 1 saturated carbocycles. The number of nitrogens with one attached hydrogen (secondary N) is 1. The Morgan fingerprint density at radius 3 is 2.58 bits per heavy atom. The van der Waals surface area contributed by atoms with E-state index in [9.17, 15) is 9.90 Å². The molecule has 0 aromatic carbocycles. The van der Waals surface area contributed by atoms with Crippen molar-refractivity contribution >= 4 is 5.97 Å². The number of hydrogen-bond acceptors (Lipinski definition) is 3. The van der Waals surface area contributed by atoms with Crippen LogP contribution in [0.2, 0.25) is 0 Å². The molecule has 4 heteroatoms. The summed E-state index contributed by atoms with van der Waals surface area (Å²) in [7, 11) is 0. The molecule has 1 rings (SSSR count). The maximum Gasteiger partial charge on any atom is 0.323 e. The van der Waals surface area contributed by atoms with Crippen molar-refractivity contribution in [3.05, 3.63) is 0 Å². The maximum absolute atomic E-state index is 11.4. The van der Waals surface area contributed by atoms with E-state index < -0.39 is 11.5 Å². The quantitative estimate of drug-likeness (QED) is 0.605. The molecule has 2 N–H and O–H groups in total. The Kier molecular flexibility index (Phi) is 6.80. The lowest BCUT2D eigenvalue weighted by atomic mass is 9.95. The minimum atomic E-state index is -0.769. The summed E-state index contributed by atoms with van der Waals surface area (Å²) in [4.78, 5) is 13.8. The Balaban J connectivity index is 2.31. The molecule has 0 spiro atoms. The van der Waals surface area contributed by atoms with Crippen LogP contribution in [-0.2, 0) is 4.79 Å². The Morgan fingerprint density at radius 1 is 1.42 bits per heavy atom. The predicted molar refractivity (Wildman–Crippen MR) is 78.4 cm³/mol. The second kappa shape index (κ2) is 7.85. The number of nitrogens with zero attached hydrogens (tertiary/aromatic N) is 1. The van der Waals surface area contributed by atoms with Crippen LogP contribution in [0.3, 0.4) is 0 Å². The highest BCUT2D eigenvalue weighted by molar-refractivity contribution is 5.78. The molecule has 4 nitrogen and oxygen atoms in total. The monoisotopic (exact) mass is 270 g/mol. The summed E-state index contributed by atoms with van der Waals surface area (Å²) in [6.07, 6.45) is 5.36. The highest BCUT2D eigenvalue weighted by Crippen LogP contribution is 2.29. The molecule has 0 aromatic heterocycles. The third-order valence-electron chi connectivity index (χ3n) is 4.05. The largest absolute Gasteiger partial charge is 0.480 e. The van der Waals surface area contributed by atoms with E-state index in [0.29, 0.717) is 6.42 Å². The lowest BCUT2D eigenvalue weighted by molar-refractivity contribution is -0.144. The zero-order chi connectivity index (χ0) is 14.3. The van der Waals surface area contributed by atoms with E-state index in [1.807, 2.05) is 6.92 Å². The first kappa shape index (κ1) is 16.4. The number of rotatable bonds is 11. The van der Waals surface area contributed by atoms with Crippen molar-refractivity contribution in [2.45, 2.75) is 58.4 Å². The minimum absolute atomic E-state index is 0.698. The van der Waals surface area contributed by atoms with Crippen LogP contribution in [0, 0.1) is 5.92 Å². The molecule has 19 heavy (non-hydrogen) atoms. The lowest BCUT2D eigenvalue weighted by Crippen LogP contribution is -2.50. The molecule has 0 amide bonds. The summed E-state index contributed by atoms with van der Waals surface area (Å²) in [5.74, 6) is 0.176. The normalized spacial score (nSPS) is 18.5. The second-order valence-electron chi connectivity index (χ2n) is 6.00. The van der Waals surface area contributed by atoms with Gasteiger partial charge in [0.05, 0.1) is 0 Å². The first-order valence-electron chi connectivity index (χ1n) is 7.72. The molecule has 1 atom stereocenters. The van der Waals surface area contributed by atoms with Gasteiger partial charge in [-0.15, -0.1) is 0 Å². The van der Waals surface area contributed by atoms with Crippen LogP contribution in [-0.4, -0.2) is 47.7 Å². The fourth-order valence-electron chi connectivity index (χ4n) is 2.37. The lowest BCUT2D eigenvalue weighted by Gasteiger charge is -2.28. The minimum Gasteiger partial charge on any atom is -0.480 e. The zero-order valence-corrected chi connectivity index (χ0v) is 12.7. The van der Waals surface area contributed by atoms with Gasteiger partial charge in [-0.05, 0) is 64.6 Å². The molecule has 1 aliphatic carbocycles. The average Bonchev–Trinajstić information content (AvgIpc) is 3.18. The summed E-state index contributed by atoms with van der Waals surface area (Å²) in [6, 6.07) is 0. The Morgan fingerprint density at radius 2 is 2.11 bits per heavy atom. The van der Waals surface area contributed by atoms with Crippen molar-refractivity contribution in [3.8, 4) is 0 Å². The van der Waals surface area contributed by atoms with Crippen LogP contribution >= 0.6 is 0 Å². The second-order valence-corrected chi connectivity index (χ2v) is 6.00. The van der Waals surface area contributed by atoms with Crippen LogP contribution in [0.5, 0.6) is 0 Å². The van der Waals surface area contributed by atoms with E-state index in [4.69, 9.17) is 0 Å². The number of carbonyl (C=O) groups is 1. The zero-order valence-electron chi connectivity index (χ0n) is 12.7. The van der Waals surface area contributed by atoms with Gasteiger partial charge in [-0.3, -0.25) is 4.79 Å². The predicted octanol–water partition coefficient (Wildman–Crippen LogP) is 2.34. The van der Waals surface area contributed by atoms with E-state index in [1.165, 1.54) is 19.4 Å². The fraction of sp³-hybridized carbons (Fsp3) is 0.933. The molecule has 1 unspecified atom stereocenters. The SMILES string of the molecule is CCCNC(C)(CCCN(CC)CC1CC1)C(=O)O. The van der Waals surface area contributed by atoms with Gasteiger partial charge in [0.2, 0.25) is 0 Å². The van der Waals surface area contributed by atoms with Crippen LogP contribution in [0.15, 0.2) is 0 Å². The van der Waals surface area contributed by atoms with Crippen molar-refractivity contribution < 1.29 is 9.90 Å². The molecule has 0 bridgehead atoms. The van der Waals surface area contributed by atoms with Crippen LogP contribution < -0.4 is 5.32 Å². The average molecular weight is 270 g/mol. The first-order valence-corrected chi connectivity index (χ1v) is 7.72. The molecule has 112 valence electrons. The van der Waals surface area contributed by atoms with Gasteiger partial charge in [-0.25, -0.2) is 0 Å². The highest BCUT2D eigenvalue weighted by Gasteiger charge is 2.32. The molecule has 0 aromatic rings. The summed E-state index contributed by atoms with van der Waals surface area (Å²) in [6.45, 7) is 10.1. The summed E-state index contributed by atoms with van der Waals surface area (Å²) < 4.78 is 0. The van der Waals surface area contributed by atoms with E-state index in [2.05, 4.69) is 24.1 Å². The standard InChI is InChI=1S/C15H30N2O2/c1-4-10-16-15(3,14(18)19)9-6-11-17(5-2)12-13-7-8-13/h13,16H,4-12H2,1-3H3,(H,18,19). The molecule has 1 fully saturated rings. The summed E-state index contributed by atoms with van der Waals surface area (Å²) in [5.41, 5.74) is -0.769. The maximum atomic E-state index is 11.4. The van der Waals surface area contributed by atoms with Gasteiger partial charge in [0.1, 0.15) is 5.54 Å². The van der Waals surface area contributed by atoms with Crippen LogP contribution in [0.25, 0.3) is 0 Å². The van der Waals surface area contributed by atoms with Crippen molar-refractivity contribution in [1.29, 1.82) is 0 Å². The molecule has 0 saturated heterocycles. The Labute approximate surface area is 117 Å². The van der Waals surface area contributed by atoms with E-state index in [-0.39, 0.29) is 0 Å².